The number of nitrogens with one attached hydrogen (secondary N) is 2. The van der Waals surface area contributed by atoms with Crippen LogP contribution < -0.4 is 10.9 Å². The van der Waals surface area contributed by atoms with E-state index in [1.54, 1.807) is 17.4 Å². The van der Waals surface area contributed by atoms with Crippen molar-refractivity contribution in [3.63, 3.8) is 0 Å². The number of aromatic nitrogens is 2. The lowest BCUT2D eigenvalue weighted by atomic mass is 9.89. The van der Waals surface area contributed by atoms with Gasteiger partial charge in [-0.3, -0.25) is 9.59 Å². The molecule has 0 saturated heterocycles. The van der Waals surface area contributed by atoms with E-state index in [-0.39, 0.29) is 11.5 Å². The highest BCUT2D eigenvalue weighted by atomic mass is 32.1. The molecule has 1 aliphatic carbocycles. The fraction of sp³-hybridized carbons (Fsp3) is 0.471. The molecule has 1 atom stereocenters. The Kier molecular flexibility index (Phi) is 4.61. The average Bonchev–Trinajstić information content (AvgIpc) is 2.88. The third-order valence-corrected chi connectivity index (χ3v) is 5.40. The molecule has 2 aromatic rings. The number of H-pyrrole nitrogens is 1. The monoisotopic (exact) mass is 331 g/mol. The summed E-state index contributed by atoms with van der Waals surface area (Å²) in [6.07, 6.45) is 5.52. The van der Waals surface area contributed by atoms with E-state index in [1.807, 2.05) is 0 Å². The molecule has 0 radical (unpaired) electrons. The van der Waals surface area contributed by atoms with Crippen molar-refractivity contribution in [3.05, 3.63) is 39.3 Å². The van der Waals surface area contributed by atoms with Gasteiger partial charge in [-0.05, 0) is 30.7 Å². The SMILES string of the molecule is C=CCNC(=O)CCc1nc2sc3c(c2c(=O)[nH]1)CC[C@H](C)C3. The molecular formula is C17H21N3O2S. The quantitative estimate of drug-likeness (QED) is 0.826. The van der Waals surface area contributed by atoms with Gasteiger partial charge in [0.2, 0.25) is 5.91 Å². The molecule has 0 fully saturated rings. The zero-order valence-corrected chi connectivity index (χ0v) is 14.1. The van der Waals surface area contributed by atoms with Crippen molar-refractivity contribution in [2.75, 3.05) is 6.54 Å². The van der Waals surface area contributed by atoms with Crippen LogP contribution in [0.15, 0.2) is 17.4 Å². The second kappa shape index (κ2) is 6.66. The van der Waals surface area contributed by atoms with Crippen LogP contribution in [0.2, 0.25) is 0 Å². The minimum Gasteiger partial charge on any atom is -0.353 e. The van der Waals surface area contributed by atoms with Crippen LogP contribution in [0, 0.1) is 5.92 Å². The first-order valence-electron chi connectivity index (χ1n) is 7.99. The lowest BCUT2D eigenvalue weighted by Gasteiger charge is -2.17. The van der Waals surface area contributed by atoms with Crippen LogP contribution in [0.5, 0.6) is 0 Å². The molecule has 0 unspecified atom stereocenters. The van der Waals surface area contributed by atoms with Crippen LogP contribution >= 0.6 is 11.3 Å². The van der Waals surface area contributed by atoms with Crippen LogP contribution in [0.3, 0.4) is 0 Å². The third kappa shape index (κ3) is 3.37. The van der Waals surface area contributed by atoms with Crippen molar-refractivity contribution in [1.82, 2.24) is 15.3 Å². The van der Waals surface area contributed by atoms with Gasteiger partial charge in [0, 0.05) is 24.3 Å². The Morgan fingerprint density at radius 2 is 2.39 bits per heavy atom. The minimum absolute atomic E-state index is 0.0630. The average molecular weight is 331 g/mol. The van der Waals surface area contributed by atoms with E-state index in [4.69, 9.17) is 0 Å². The molecule has 122 valence electrons. The highest BCUT2D eigenvalue weighted by Gasteiger charge is 2.23. The molecule has 1 amide bonds. The van der Waals surface area contributed by atoms with Gasteiger partial charge in [-0.1, -0.05) is 13.0 Å². The molecule has 0 spiro atoms. The van der Waals surface area contributed by atoms with Gasteiger partial charge in [-0.15, -0.1) is 17.9 Å². The molecular weight excluding hydrogens is 310 g/mol. The van der Waals surface area contributed by atoms with Crippen LogP contribution in [0.25, 0.3) is 10.2 Å². The van der Waals surface area contributed by atoms with Crippen molar-refractivity contribution >= 4 is 27.5 Å². The number of hydrogen-bond donors (Lipinski definition) is 2. The Balaban J connectivity index is 1.83. The van der Waals surface area contributed by atoms with Gasteiger partial charge in [0.15, 0.2) is 0 Å². The van der Waals surface area contributed by atoms with Crippen molar-refractivity contribution in [2.24, 2.45) is 5.92 Å². The zero-order valence-electron chi connectivity index (χ0n) is 13.3. The first-order valence-corrected chi connectivity index (χ1v) is 8.81. The number of thiophene rings is 1. The summed E-state index contributed by atoms with van der Waals surface area (Å²) >= 11 is 1.64. The maximum Gasteiger partial charge on any atom is 0.259 e. The Morgan fingerprint density at radius 3 is 3.17 bits per heavy atom. The number of fused-ring (bicyclic) bond motifs is 3. The van der Waals surface area contributed by atoms with Crippen molar-refractivity contribution in [3.8, 4) is 0 Å². The van der Waals surface area contributed by atoms with E-state index < -0.39 is 0 Å². The first kappa shape index (κ1) is 15.9. The summed E-state index contributed by atoms with van der Waals surface area (Å²) in [6, 6.07) is 0. The Hall–Kier alpha value is -1.95. The molecule has 6 heteroatoms. The zero-order chi connectivity index (χ0) is 16.4. The third-order valence-electron chi connectivity index (χ3n) is 4.25. The summed E-state index contributed by atoms with van der Waals surface area (Å²) in [5.74, 6) is 1.19. The van der Waals surface area contributed by atoms with Crippen molar-refractivity contribution in [2.45, 2.75) is 39.0 Å². The van der Waals surface area contributed by atoms with E-state index in [1.165, 1.54) is 10.4 Å². The van der Waals surface area contributed by atoms with Crippen LogP contribution in [0.4, 0.5) is 0 Å². The summed E-state index contributed by atoms with van der Waals surface area (Å²) in [6.45, 7) is 6.26. The van der Waals surface area contributed by atoms with Gasteiger partial charge < -0.3 is 10.3 Å². The van der Waals surface area contributed by atoms with Crippen molar-refractivity contribution < 1.29 is 4.79 Å². The van der Waals surface area contributed by atoms with Crippen LogP contribution in [-0.2, 0) is 24.1 Å². The summed E-state index contributed by atoms with van der Waals surface area (Å²) < 4.78 is 0. The molecule has 0 aliphatic heterocycles. The summed E-state index contributed by atoms with van der Waals surface area (Å²) in [4.78, 5) is 33.6. The van der Waals surface area contributed by atoms with E-state index in [0.29, 0.717) is 31.1 Å². The number of aromatic amines is 1. The molecule has 2 heterocycles. The molecule has 0 bridgehead atoms. The number of carbonyl (C=O) groups excluding carboxylic acids is 1. The molecule has 0 aromatic carbocycles. The number of amides is 1. The van der Waals surface area contributed by atoms with E-state index in [9.17, 15) is 9.59 Å². The predicted molar refractivity (Wildman–Crippen MR) is 93.0 cm³/mol. The van der Waals surface area contributed by atoms with Gasteiger partial charge in [-0.2, -0.15) is 0 Å². The van der Waals surface area contributed by atoms with Gasteiger partial charge in [0.05, 0.1) is 5.39 Å². The van der Waals surface area contributed by atoms with Crippen LogP contribution in [-0.4, -0.2) is 22.4 Å². The molecule has 23 heavy (non-hydrogen) atoms. The Labute approximate surface area is 138 Å². The maximum atomic E-state index is 12.4. The predicted octanol–water partition coefficient (Wildman–Crippen LogP) is 2.34. The molecule has 2 N–H and O–H groups in total. The standard InChI is InChI=1S/C17H21N3O2S/c1-3-8-18-14(21)7-6-13-19-16(22)15-11-5-4-10(2)9-12(11)23-17(15)20-13/h3,10H,1,4-9H2,2H3,(H,18,21)(H,19,20,22)/t10-/m0/s1. The second-order valence-corrected chi connectivity index (χ2v) is 7.22. The smallest absolute Gasteiger partial charge is 0.259 e. The number of nitrogens with zero attached hydrogens (tertiary/aromatic N) is 1. The van der Waals surface area contributed by atoms with Gasteiger partial charge in [0.1, 0.15) is 10.7 Å². The summed E-state index contributed by atoms with van der Waals surface area (Å²) in [7, 11) is 0. The lowest BCUT2D eigenvalue weighted by molar-refractivity contribution is -0.120. The normalized spacial score (nSPS) is 17.0. The summed E-state index contributed by atoms with van der Waals surface area (Å²) in [5, 5.41) is 3.49. The van der Waals surface area contributed by atoms with E-state index in [2.05, 4.69) is 28.8 Å². The lowest BCUT2D eigenvalue weighted by Crippen LogP contribution is -2.24. The first-order chi connectivity index (χ1) is 11.1. The highest BCUT2D eigenvalue weighted by molar-refractivity contribution is 7.18. The fourth-order valence-corrected chi connectivity index (χ4v) is 4.42. The van der Waals surface area contributed by atoms with E-state index in [0.717, 1.165) is 29.5 Å². The fourth-order valence-electron chi connectivity index (χ4n) is 3.02. The number of aryl methyl sites for hydroxylation is 2. The molecule has 5 nitrogen and oxygen atoms in total. The molecule has 1 aliphatic rings. The minimum atomic E-state index is -0.0662. The largest absolute Gasteiger partial charge is 0.353 e. The molecule has 3 rings (SSSR count). The Morgan fingerprint density at radius 1 is 1.57 bits per heavy atom. The topological polar surface area (TPSA) is 74.8 Å². The van der Waals surface area contributed by atoms with E-state index >= 15 is 0 Å². The van der Waals surface area contributed by atoms with Gasteiger partial charge in [0.25, 0.3) is 5.56 Å². The second-order valence-electron chi connectivity index (χ2n) is 6.14. The molecule has 0 saturated carbocycles. The highest BCUT2D eigenvalue weighted by Crippen LogP contribution is 2.35. The Bertz CT molecular complexity index is 806. The van der Waals surface area contributed by atoms with Crippen molar-refractivity contribution in [1.29, 1.82) is 0 Å². The number of rotatable bonds is 5. The number of carbonyl (C=O) groups is 1. The number of hydrogen-bond acceptors (Lipinski definition) is 4. The van der Waals surface area contributed by atoms with Crippen LogP contribution in [0.1, 0.15) is 36.0 Å². The molecule has 2 aromatic heterocycles. The van der Waals surface area contributed by atoms with Gasteiger partial charge in [-0.25, -0.2) is 4.98 Å². The summed E-state index contributed by atoms with van der Waals surface area (Å²) in [5.41, 5.74) is 1.12. The maximum absolute atomic E-state index is 12.4. The van der Waals surface area contributed by atoms with Gasteiger partial charge >= 0.3 is 0 Å².